The van der Waals surface area contributed by atoms with E-state index in [0.29, 0.717) is 72.7 Å². The van der Waals surface area contributed by atoms with Gasteiger partial charge in [0.1, 0.15) is 11.4 Å². The second-order valence-corrected chi connectivity index (χ2v) is 23.3. The molecule has 4 aromatic rings. The number of amides is 1. The number of Topliss-reactive ketones (excluding diaryl/α,β-unsaturated/α-hetero) is 1. The molecule has 2 aromatic carbocycles. The topological polar surface area (TPSA) is 181 Å². The van der Waals surface area contributed by atoms with Crippen LogP contribution in [0.3, 0.4) is 0 Å². The van der Waals surface area contributed by atoms with Gasteiger partial charge < -0.3 is 38.8 Å². The number of ketones is 2. The standard InChI is InChI=1S/C62H75N5O10/c1-7-44-47-32-43(19-22-53(47)63-56-49(44)35-67-54(56)33-52-50(57(67)71)36-75-58(72)61(52,74)8-2)76-59(73)66-29-27-65(28-30-66)26-12-10-9-11-25-64(6)41-16-13-39(14-17-41)48-34-60(5)51(23-24-62(60,37(3)68)77-38(4)69)46-20-15-40-31-42(70)18-21-45(40)55(46)48/h13-14,16-17,19,22,31-33,46,48,51,58,72,74H,7-12,15,18,20-21,23-30,34-36H2,1-6H3/t46-,48+,51-,58?,60-,61-,62-/m0/s1. The maximum Gasteiger partial charge on any atom is 0.415 e. The largest absolute Gasteiger partial charge is 0.451 e. The monoisotopic (exact) mass is 1050 g/mol. The van der Waals surface area contributed by atoms with Crippen molar-refractivity contribution in [1.29, 1.82) is 0 Å². The number of benzene rings is 2. The molecule has 2 saturated carbocycles. The average Bonchev–Trinajstić information content (AvgIpc) is 3.97. The molecule has 1 saturated heterocycles. The molecule has 77 heavy (non-hydrogen) atoms. The van der Waals surface area contributed by atoms with Crippen LogP contribution >= 0.6 is 0 Å². The number of allylic oxidation sites excluding steroid dienone is 4. The van der Waals surface area contributed by atoms with Gasteiger partial charge in [-0.2, -0.15) is 0 Å². The second kappa shape index (κ2) is 20.7. The molecule has 11 rings (SSSR count). The number of hydrogen-bond acceptors (Lipinski definition) is 13. The highest BCUT2D eigenvalue weighted by Crippen LogP contribution is 2.68. The number of anilines is 1. The summed E-state index contributed by atoms with van der Waals surface area (Å²) < 4.78 is 19.2. The van der Waals surface area contributed by atoms with E-state index in [1.165, 1.54) is 29.2 Å². The number of unbranched alkanes of at least 4 members (excludes halogenated alkanes) is 3. The molecule has 0 bridgehead atoms. The lowest BCUT2D eigenvalue weighted by molar-refractivity contribution is -0.236. The van der Waals surface area contributed by atoms with Crippen LogP contribution in [0.5, 0.6) is 5.75 Å². The fourth-order valence-corrected chi connectivity index (χ4v) is 15.2. The minimum absolute atomic E-state index is 0.0571. The van der Waals surface area contributed by atoms with Crippen LogP contribution in [0.4, 0.5) is 10.5 Å². The third kappa shape index (κ3) is 9.06. The highest BCUT2D eigenvalue weighted by Gasteiger charge is 2.67. The van der Waals surface area contributed by atoms with Crippen molar-refractivity contribution in [1.82, 2.24) is 19.4 Å². The first-order valence-corrected chi connectivity index (χ1v) is 28.4. The Morgan fingerprint density at radius 3 is 2.42 bits per heavy atom. The van der Waals surface area contributed by atoms with Crippen molar-refractivity contribution in [3.05, 3.63) is 109 Å². The third-order valence-corrected chi connectivity index (χ3v) is 19.3. The zero-order valence-corrected chi connectivity index (χ0v) is 45.8. The number of carbonyl (C=O) groups is 4. The fraction of sp³-hybridized carbons (Fsp3) is 0.548. The van der Waals surface area contributed by atoms with Gasteiger partial charge in [-0.15, -0.1) is 0 Å². The lowest BCUT2D eigenvalue weighted by atomic mass is 9.50. The Kier molecular flexibility index (Phi) is 14.2. The van der Waals surface area contributed by atoms with Crippen molar-refractivity contribution in [2.24, 2.45) is 17.3 Å². The number of piperazine rings is 1. The van der Waals surface area contributed by atoms with E-state index in [-0.39, 0.29) is 54.0 Å². The number of aryl methyl sites for hydroxylation is 1. The lowest BCUT2D eigenvalue weighted by Gasteiger charge is -2.55. The molecule has 15 heteroatoms. The molecular formula is C62H75N5O10. The molecule has 2 aromatic heterocycles. The molecule has 7 aliphatic rings. The Morgan fingerprint density at radius 1 is 0.922 bits per heavy atom. The summed E-state index contributed by atoms with van der Waals surface area (Å²) in [6, 6.07) is 16.2. The van der Waals surface area contributed by atoms with Gasteiger partial charge in [-0.1, -0.05) is 51.3 Å². The smallest absolute Gasteiger partial charge is 0.415 e. The number of esters is 1. The number of aliphatic hydroxyl groups is 2. The van der Waals surface area contributed by atoms with Gasteiger partial charge in [-0.05, 0) is 154 Å². The minimum atomic E-state index is -1.70. The number of nitrogens with zero attached hydrogens (tertiary/aromatic N) is 5. The number of rotatable bonds is 14. The summed E-state index contributed by atoms with van der Waals surface area (Å²) in [4.78, 5) is 77.6. The van der Waals surface area contributed by atoms with Crippen molar-refractivity contribution in [3.63, 3.8) is 0 Å². The van der Waals surface area contributed by atoms with Crippen LogP contribution in [0.1, 0.15) is 145 Å². The predicted molar refractivity (Wildman–Crippen MR) is 293 cm³/mol. The number of hydrogen-bond donors (Lipinski definition) is 2. The summed E-state index contributed by atoms with van der Waals surface area (Å²) in [7, 11) is 2.15. The van der Waals surface area contributed by atoms with Crippen molar-refractivity contribution in [2.75, 3.05) is 51.2 Å². The van der Waals surface area contributed by atoms with E-state index in [1.54, 1.807) is 35.4 Å². The normalized spacial score (nSPS) is 27.5. The predicted octanol–water partition coefficient (Wildman–Crippen LogP) is 9.04. The Bertz CT molecular complexity index is 3170. The van der Waals surface area contributed by atoms with E-state index in [4.69, 9.17) is 19.2 Å². The first-order valence-electron chi connectivity index (χ1n) is 28.4. The third-order valence-electron chi connectivity index (χ3n) is 19.3. The molecule has 15 nitrogen and oxygen atoms in total. The minimum Gasteiger partial charge on any atom is -0.451 e. The van der Waals surface area contributed by atoms with E-state index in [1.807, 2.05) is 18.2 Å². The molecule has 408 valence electrons. The zero-order valence-electron chi connectivity index (χ0n) is 45.8. The highest BCUT2D eigenvalue weighted by atomic mass is 16.6. The summed E-state index contributed by atoms with van der Waals surface area (Å²) in [6.45, 7) is 13.9. The molecule has 4 aliphatic carbocycles. The van der Waals surface area contributed by atoms with Crippen LogP contribution in [0.25, 0.3) is 22.3 Å². The molecule has 3 aliphatic heterocycles. The van der Waals surface area contributed by atoms with Crippen LogP contribution in [-0.4, -0.2) is 111 Å². The van der Waals surface area contributed by atoms with E-state index in [9.17, 15) is 34.2 Å². The second-order valence-electron chi connectivity index (χ2n) is 23.3. The number of aromatic nitrogens is 2. The number of pyridine rings is 2. The fourth-order valence-electron chi connectivity index (χ4n) is 15.2. The Hall–Kier alpha value is -6.00. The van der Waals surface area contributed by atoms with E-state index >= 15 is 0 Å². The summed E-state index contributed by atoms with van der Waals surface area (Å²) in [5.74, 6) is 0.758. The molecule has 1 amide bonds. The van der Waals surface area contributed by atoms with Gasteiger partial charge in [0, 0.05) is 92.2 Å². The van der Waals surface area contributed by atoms with Gasteiger partial charge in [-0.25, -0.2) is 9.78 Å². The van der Waals surface area contributed by atoms with Crippen LogP contribution in [0, 0.1) is 17.3 Å². The van der Waals surface area contributed by atoms with E-state index < -0.39 is 28.9 Å². The summed E-state index contributed by atoms with van der Waals surface area (Å²) in [6.07, 6.45) is 10.6. The maximum atomic E-state index is 13.8. The van der Waals surface area contributed by atoms with Crippen molar-refractivity contribution < 1.29 is 43.6 Å². The van der Waals surface area contributed by atoms with E-state index in [2.05, 4.69) is 55.0 Å². The van der Waals surface area contributed by atoms with Crippen molar-refractivity contribution in [2.45, 2.75) is 155 Å². The van der Waals surface area contributed by atoms with Gasteiger partial charge in [0.2, 0.25) is 0 Å². The molecule has 3 fully saturated rings. The highest BCUT2D eigenvalue weighted by molar-refractivity contribution is 5.93. The first-order chi connectivity index (χ1) is 37.0. The molecule has 0 radical (unpaired) electrons. The number of carbonyl (C=O) groups excluding carboxylic acids is 4. The summed E-state index contributed by atoms with van der Waals surface area (Å²) in [5.41, 5.74) is 7.43. The molecule has 0 spiro atoms. The molecule has 7 atom stereocenters. The van der Waals surface area contributed by atoms with Gasteiger partial charge in [0.05, 0.1) is 30.1 Å². The van der Waals surface area contributed by atoms with Gasteiger partial charge in [0.15, 0.2) is 23.5 Å². The van der Waals surface area contributed by atoms with Crippen LogP contribution < -0.4 is 15.2 Å². The SMILES string of the molecule is CCc1c2c(nc3ccc(OC(=O)N4CCN(CCCCCCN(C)c5ccc([C@H]6C[C@@]7(C)[C@@H](CC[C@]7(OC(C)=O)C(C)=O)[C@@H]7CCC8=CC(=O)CCC8=C76)cc5)CC4)cc13)-c1cc3c(c(=O)n1C2)COC(O)[C@]3(O)CC. The summed E-state index contributed by atoms with van der Waals surface area (Å²) >= 11 is 0. The van der Waals surface area contributed by atoms with Crippen LogP contribution in [0.15, 0.2) is 76.1 Å². The Labute approximate surface area is 451 Å². The van der Waals surface area contributed by atoms with E-state index in [0.717, 1.165) is 106 Å². The number of ether oxygens (including phenoxy) is 3. The zero-order chi connectivity index (χ0) is 54.1. The van der Waals surface area contributed by atoms with Gasteiger partial charge in [0.25, 0.3) is 5.56 Å². The van der Waals surface area contributed by atoms with Crippen LogP contribution in [-0.2, 0) is 49.0 Å². The molecule has 1 unspecified atom stereocenters. The quantitative estimate of drug-likeness (QED) is 0.0795. The van der Waals surface area contributed by atoms with Crippen LogP contribution in [0.2, 0.25) is 0 Å². The number of fused-ring (bicyclic) bond motifs is 9. The lowest BCUT2D eigenvalue weighted by Crippen LogP contribution is -2.57. The van der Waals surface area contributed by atoms with Crippen molar-refractivity contribution >= 4 is 40.2 Å². The molecule has 5 heterocycles. The first kappa shape index (κ1) is 53.0. The maximum absolute atomic E-state index is 13.8. The number of aliphatic hydroxyl groups excluding tert-OH is 1. The van der Waals surface area contributed by atoms with Gasteiger partial charge >= 0.3 is 12.1 Å². The average molecular weight is 1050 g/mol. The van der Waals surface area contributed by atoms with Gasteiger partial charge in [-0.3, -0.25) is 24.1 Å². The Morgan fingerprint density at radius 2 is 1.69 bits per heavy atom. The molecule has 2 N–H and O–H groups in total. The summed E-state index contributed by atoms with van der Waals surface area (Å²) in [5, 5.41) is 22.8. The molecular weight excluding hydrogens is 975 g/mol. The Balaban J connectivity index is 0.662. The van der Waals surface area contributed by atoms with Crippen molar-refractivity contribution in [3.8, 4) is 17.1 Å².